The van der Waals surface area contributed by atoms with Gasteiger partial charge in [-0.2, -0.15) is 0 Å². The van der Waals surface area contributed by atoms with Crippen molar-refractivity contribution in [2.45, 2.75) is 0 Å². The van der Waals surface area contributed by atoms with Gasteiger partial charge in [-0.1, -0.05) is 206 Å². The molecule has 0 saturated heterocycles. The summed E-state index contributed by atoms with van der Waals surface area (Å²) in [7, 11) is 0. The molecule has 0 heterocycles. The molecule has 6 unspecified atom stereocenters. The molecular weight excluding hydrogens is 649 g/mol. The third-order valence-electron chi connectivity index (χ3n) is 12.5. The van der Waals surface area contributed by atoms with Gasteiger partial charge in [0.25, 0.3) is 0 Å². The highest BCUT2D eigenvalue weighted by Gasteiger charge is 2.34. The zero-order valence-corrected chi connectivity index (χ0v) is 30.1. The SMILES string of the molecule is C1=CC2C=CC(c3ccc(C4=c5ccccc5=C(c5c6ccccc6c(C6=CC7C=CC=CC7C=C6)c6ccccc56)C5C=CC=CC45)cc3)=CC2C=C1. The van der Waals surface area contributed by atoms with Gasteiger partial charge in [0.2, 0.25) is 0 Å². The van der Waals surface area contributed by atoms with Crippen molar-refractivity contribution in [3.63, 3.8) is 0 Å². The van der Waals surface area contributed by atoms with Crippen LogP contribution < -0.4 is 10.4 Å². The van der Waals surface area contributed by atoms with E-state index in [9.17, 15) is 0 Å². The molecule has 0 nitrogen and oxygen atoms in total. The van der Waals surface area contributed by atoms with Crippen molar-refractivity contribution in [1.82, 2.24) is 0 Å². The summed E-state index contributed by atoms with van der Waals surface area (Å²) in [5, 5.41) is 7.94. The summed E-state index contributed by atoms with van der Waals surface area (Å²) in [6.45, 7) is 0. The Bertz CT molecular complexity index is 2780. The quantitative estimate of drug-likeness (QED) is 0.165. The highest BCUT2D eigenvalue weighted by atomic mass is 14.4. The standard InChI is InChI=1S/C54H40/c1-3-15-39-33-41(31-27-35(39)13-1)37-25-29-38(30-26-37)51-43-17-5-9-21-47(43)53(48-22-10-6-18-44(48)51)54-49-23-11-7-19-45(49)52(46-20-8-12-24-50(46)54)42-32-28-36-14-2-4-16-40(36)34-42/h1-36,39-40,43,47H. The van der Waals surface area contributed by atoms with Crippen LogP contribution in [-0.4, -0.2) is 0 Å². The Kier molecular flexibility index (Phi) is 7.37. The maximum absolute atomic E-state index is 2.49. The second-order valence-electron chi connectivity index (χ2n) is 15.4. The van der Waals surface area contributed by atoms with Gasteiger partial charge in [-0.05, 0) is 76.5 Å². The Balaban J connectivity index is 1.14. The zero-order valence-electron chi connectivity index (χ0n) is 30.1. The van der Waals surface area contributed by atoms with Gasteiger partial charge in [-0.15, -0.1) is 0 Å². The van der Waals surface area contributed by atoms with Crippen molar-refractivity contribution >= 4 is 43.8 Å². The molecule has 5 aromatic carbocycles. The van der Waals surface area contributed by atoms with Crippen LogP contribution in [0.4, 0.5) is 0 Å². The zero-order chi connectivity index (χ0) is 35.6. The van der Waals surface area contributed by atoms with Gasteiger partial charge >= 0.3 is 0 Å². The molecule has 0 fully saturated rings. The van der Waals surface area contributed by atoms with Crippen molar-refractivity contribution in [2.24, 2.45) is 35.5 Å². The number of rotatable bonds is 4. The van der Waals surface area contributed by atoms with Crippen molar-refractivity contribution < 1.29 is 0 Å². The van der Waals surface area contributed by atoms with Crippen LogP contribution in [0.5, 0.6) is 0 Å². The second kappa shape index (κ2) is 12.7. The summed E-state index contributed by atoms with van der Waals surface area (Å²) < 4.78 is 0. The number of fused-ring (bicyclic) bond motifs is 6. The lowest BCUT2D eigenvalue weighted by atomic mass is 9.68. The van der Waals surface area contributed by atoms with Crippen molar-refractivity contribution in [3.8, 4) is 0 Å². The Hall–Kier alpha value is -6.24. The van der Waals surface area contributed by atoms with Crippen LogP contribution >= 0.6 is 0 Å². The molecule has 0 spiro atoms. The largest absolute Gasteiger partial charge is 0.0767 e. The Morgan fingerprint density at radius 1 is 0.315 bits per heavy atom. The van der Waals surface area contributed by atoms with Gasteiger partial charge in [0.15, 0.2) is 0 Å². The van der Waals surface area contributed by atoms with E-state index in [-0.39, 0.29) is 11.8 Å². The molecule has 0 amide bonds. The first-order valence-electron chi connectivity index (χ1n) is 19.5. The highest BCUT2D eigenvalue weighted by Crippen LogP contribution is 2.47. The fourth-order valence-electron chi connectivity index (χ4n) is 10.0. The van der Waals surface area contributed by atoms with Gasteiger partial charge in [0.1, 0.15) is 0 Å². The lowest BCUT2D eigenvalue weighted by Crippen LogP contribution is -2.40. The van der Waals surface area contributed by atoms with Gasteiger partial charge in [-0.25, -0.2) is 0 Å². The number of hydrogen-bond acceptors (Lipinski definition) is 0. The Labute approximate surface area is 317 Å². The van der Waals surface area contributed by atoms with Gasteiger partial charge in [-0.3, -0.25) is 0 Å². The summed E-state index contributed by atoms with van der Waals surface area (Å²) in [6, 6.07) is 36.8. The van der Waals surface area contributed by atoms with Crippen LogP contribution in [0.25, 0.3) is 43.8 Å². The van der Waals surface area contributed by atoms with Gasteiger partial charge in [0, 0.05) is 35.5 Å². The molecule has 0 aliphatic heterocycles. The van der Waals surface area contributed by atoms with Crippen LogP contribution in [-0.2, 0) is 0 Å². The lowest BCUT2D eigenvalue weighted by molar-refractivity contribution is 0.663. The molecular formula is C54H40. The molecule has 0 aromatic heterocycles. The average molecular weight is 689 g/mol. The van der Waals surface area contributed by atoms with Crippen molar-refractivity contribution in [2.75, 3.05) is 0 Å². The Morgan fingerprint density at radius 2 is 0.741 bits per heavy atom. The molecule has 0 radical (unpaired) electrons. The molecule has 6 atom stereocenters. The topological polar surface area (TPSA) is 0 Å². The summed E-state index contributed by atoms with van der Waals surface area (Å²) in [5.74, 6) is 2.10. The third kappa shape index (κ3) is 4.97. The summed E-state index contributed by atoms with van der Waals surface area (Å²) >= 11 is 0. The molecule has 0 bridgehead atoms. The smallest absolute Gasteiger partial charge is 0.0138 e. The molecule has 256 valence electrons. The summed E-state index contributed by atoms with van der Waals surface area (Å²) in [4.78, 5) is 0. The molecule has 11 rings (SSSR count). The molecule has 5 aromatic rings. The predicted molar refractivity (Wildman–Crippen MR) is 229 cm³/mol. The predicted octanol–water partition coefficient (Wildman–Crippen LogP) is 11.4. The maximum Gasteiger partial charge on any atom is 0.0138 e. The van der Waals surface area contributed by atoms with E-state index in [4.69, 9.17) is 0 Å². The Morgan fingerprint density at radius 3 is 1.33 bits per heavy atom. The highest BCUT2D eigenvalue weighted by molar-refractivity contribution is 6.17. The van der Waals surface area contributed by atoms with E-state index in [1.807, 2.05) is 0 Å². The van der Waals surface area contributed by atoms with Gasteiger partial charge < -0.3 is 0 Å². The summed E-state index contributed by atoms with van der Waals surface area (Å²) in [6.07, 6.45) is 41.7. The van der Waals surface area contributed by atoms with E-state index in [2.05, 4.69) is 206 Å². The van der Waals surface area contributed by atoms with Crippen LogP contribution in [0.15, 0.2) is 206 Å². The summed E-state index contributed by atoms with van der Waals surface area (Å²) in [5.41, 5.74) is 10.7. The van der Waals surface area contributed by atoms with Crippen LogP contribution in [0.1, 0.15) is 22.3 Å². The third-order valence-corrected chi connectivity index (χ3v) is 12.5. The van der Waals surface area contributed by atoms with E-state index < -0.39 is 0 Å². The first kappa shape index (κ1) is 31.3. The number of benzene rings is 5. The lowest BCUT2D eigenvalue weighted by Gasteiger charge is -2.34. The molecule has 54 heavy (non-hydrogen) atoms. The minimum Gasteiger partial charge on any atom is -0.0767 e. The molecule has 0 heteroatoms. The molecule has 6 aliphatic carbocycles. The number of hydrogen-bond donors (Lipinski definition) is 0. The maximum atomic E-state index is 2.49. The van der Waals surface area contributed by atoms with E-state index in [1.54, 1.807) is 0 Å². The van der Waals surface area contributed by atoms with E-state index in [0.717, 1.165) is 0 Å². The fourth-order valence-corrected chi connectivity index (χ4v) is 10.0. The van der Waals surface area contributed by atoms with Crippen LogP contribution in [0, 0.1) is 35.5 Å². The van der Waals surface area contributed by atoms with Crippen LogP contribution in [0.3, 0.4) is 0 Å². The first-order chi connectivity index (χ1) is 26.8. The fraction of sp³-hybridized carbons (Fsp3) is 0.111. The van der Waals surface area contributed by atoms with Gasteiger partial charge in [0.05, 0.1) is 0 Å². The van der Waals surface area contributed by atoms with E-state index in [0.29, 0.717) is 23.7 Å². The number of allylic oxidation sites excluding steroid dienone is 20. The molecule has 0 N–H and O–H groups in total. The molecule has 0 saturated carbocycles. The minimum atomic E-state index is 0.193. The van der Waals surface area contributed by atoms with Crippen molar-refractivity contribution in [1.29, 1.82) is 0 Å². The van der Waals surface area contributed by atoms with Crippen molar-refractivity contribution in [3.05, 3.63) is 239 Å². The van der Waals surface area contributed by atoms with E-state index >= 15 is 0 Å². The minimum absolute atomic E-state index is 0.193. The van der Waals surface area contributed by atoms with E-state index in [1.165, 1.54) is 76.5 Å². The normalized spacial score (nSPS) is 25.7. The first-order valence-corrected chi connectivity index (χ1v) is 19.5. The molecule has 6 aliphatic rings. The van der Waals surface area contributed by atoms with Crippen LogP contribution in [0.2, 0.25) is 0 Å². The second-order valence-corrected chi connectivity index (χ2v) is 15.4. The average Bonchev–Trinajstić information content (AvgIpc) is 3.24. The monoisotopic (exact) mass is 688 g/mol.